The fourth-order valence-electron chi connectivity index (χ4n) is 1.39. The van der Waals surface area contributed by atoms with E-state index in [1.165, 1.54) is 22.9 Å². The summed E-state index contributed by atoms with van der Waals surface area (Å²) < 4.78 is 0. The quantitative estimate of drug-likeness (QED) is 0.855. The van der Waals surface area contributed by atoms with Crippen molar-refractivity contribution >= 4 is 23.1 Å². The molecule has 1 atom stereocenters. The number of thiazole rings is 1. The van der Waals surface area contributed by atoms with Crippen LogP contribution in [0.1, 0.15) is 44.8 Å². The highest BCUT2D eigenvalue weighted by Gasteiger charge is 2.17. The van der Waals surface area contributed by atoms with Gasteiger partial charge in [0.2, 0.25) is 0 Å². The van der Waals surface area contributed by atoms with Crippen molar-refractivity contribution in [1.29, 1.82) is 0 Å². The molecule has 0 aromatic carbocycles. The fraction of sp³-hybridized carbons (Fsp3) is 0.769. The zero-order chi connectivity index (χ0) is 12.9. The van der Waals surface area contributed by atoms with Gasteiger partial charge < -0.3 is 5.32 Å². The molecule has 0 bridgehead atoms. The molecule has 0 radical (unpaired) electrons. The standard InChI is InChI=1S/C13H24N2S2/c1-10(6-7-16-5)14-8-12-15-11(9-17-12)13(2,3)4/h9-10,14H,6-8H2,1-5H3. The molecule has 17 heavy (non-hydrogen) atoms. The minimum atomic E-state index is 0.166. The largest absolute Gasteiger partial charge is 0.308 e. The molecule has 0 aliphatic heterocycles. The van der Waals surface area contributed by atoms with Crippen molar-refractivity contribution < 1.29 is 0 Å². The summed E-state index contributed by atoms with van der Waals surface area (Å²) in [5.74, 6) is 1.22. The number of hydrogen-bond acceptors (Lipinski definition) is 4. The third-order valence-corrected chi connectivity index (χ3v) is 4.17. The first-order valence-corrected chi connectivity index (χ1v) is 8.38. The molecule has 1 N–H and O–H groups in total. The fourth-order valence-corrected chi connectivity index (χ4v) is 2.96. The summed E-state index contributed by atoms with van der Waals surface area (Å²) in [7, 11) is 0. The Morgan fingerprint density at radius 1 is 1.47 bits per heavy atom. The van der Waals surface area contributed by atoms with Crippen molar-refractivity contribution in [2.24, 2.45) is 0 Å². The van der Waals surface area contributed by atoms with Gasteiger partial charge in [0.25, 0.3) is 0 Å². The van der Waals surface area contributed by atoms with Crippen LogP contribution in [0.2, 0.25) is 0 Å². The summed E-state index contributed by atoms with van der Waals surface area (Å²) in [4.78, 5) is 4.68. The number of nitrogens with one attached hydrogen (secondary N) is 1. The predicted molar refractivity (Wildman–Crippen MR) is 80.1 cm³/mol. The lowest BCUT2D eigenvalue weighted by atomic mass is 9.93. The number of aromatic nitrogens is 1. The second-order valence-corrected chi connectivity index (χ2v) is 7.37. The van der Waals surface area contributed by atoms with Gasteiger partial charge in [0.15, 0.2) is 0 Å². The molecule has 4 heteroatoms. The monoisotopic (exact) mass is 272 g/mol. The Labute approximate surface area is 114 Å². The molecule has 1 aromatic heterocycles. The smallest absolute Gasteiger partial charge is 0.107 e. The number of rotatable bonds is 6. The lowest BCUT2D eigenvalue weighted by Gasteiger charge is -2.14. The Morgan fingerprint density at radius 3 is 2.71 bits per heavy atom. The van der Waals surface area contributed by atoms with Gasteiger partial charge in [0.05, 0.1) is 5.69 Å². The SMILES string of the molecule is CSCCC(C)NCc1nc(C(C)(C)C)cs1. The maximum Gasteiger partial charge on any atom is 0.107 e. The molecule has 0 aliphatic carbocycles. The minimum absolute atomic E-state index is 0.166. The van der Waals surface area contributed by atoms with Gasteiger partial charge in [-0.25, -0.2) is 4.98 Å². The van der Waals surface area contributed by atoms with E-state index in [0.717, 1.165) is 6.54 Å². The summed E-state index contributed by atoms with van der Waals surface area (Å²) in [6, 6.07) is 0.574. The first-order chi connectivity index (χ1) is 7.93. The zero-order valence-electron chi connectivity index (χ0n) is 11.5. The van der Waals surface area contributed by atoms with Crippen LogP contribution in [0.4, 0.5) is 0 Å². The normalized spacial score (nSPS) is 13.9. The third kappa shape index (κ3) is 5.40. The van der Waals surface area contributed by atoms with Gasteiger partial charge in [-0.2, -0.15) is 11.8 Å². The van der Waals surface area contributed by atoms with Crippen LogP contribution in [0.5, 0.6) is 0 Å². The second kappa shape index (κ2) is 6.76. The second-order valence-electron chi connectivity index (χ2n) is 5.44. The molecular weight excluding hydrogens is 248 g/mol. The van der Waals surface area contributed by atoms with Gasteiger partial charge in [0, 0.05) is 23.4 Å². The van der Waals surface area contributed by atoms with E-state index < -0.39 is 0 Å². The van der Waals surface area contributed by atoms with Crippen molar-refractivity contribution in [2.75, 3.05) is 12.0 Å². The average molecular weight is 272 g/mol. The predicted octanol–water partition coefficient (Wildman–Crippen LogP) is 3.67. The van der Waals surface area contributed by atoms with Crippen LogP contribution in [0, 0.1) is 0 Å². The van der Waals surface area contributed by atoms with Gasteiger partial charge in [-0.3, -0.25) is 0 Å². The molecule has 1 heterocycles. The Kier molecular flexibility index (Phi) is 5.97. The van der Waals surface area contributed by atoms with E-state index >= 15 is 0 Å². The highest BCUT2D eigenvalue weighted by molar-refractivity contribution is 7.98. The highest BCUT2D eigenvalue weighted by Crippen LogP contribution is 2.23. The van der Waals surface area contributed by atoms with E-state index in [0.29, 0.717) is 6.04 Å². The maximum atomic E-state index is 4.68. The zero-order valence-corrected chi connectivity index (χ0v) is 13.2. The lowest BCUT2D eigenvalue weighted by Crippen LogP contribution is -2.26. The van der Waals surface area contributed by atoms with Crippen molar-refractivity contribution in [3.05, 3.63) is 16.1 Å². The molecule has 0 saturated carbocycles. The van der Waals surface area contributed by atoms with Crippen LogP contribution in [0.3, 0.4) is 0 Å². The van der Waals surface area contributed by atoms with Crippen molar-refractivity contribution in [3.63, 3.8) is 0 Å². The van der Waals surface area contributed by atoms with Gasteiger partial charge in [-0.1, -0.05) is 20.8 Å². The van der Waals surface area contributed by atoms with Gasteiger partial charge in [0.1, 0.15) is 5.01 Å². The first-order valence-electron chi connectivity index (χ1n) is 6.10. The first kappa shape index (κ1) is 15.0. The molecule has 2 nitrogen and oxygen atoms in total. The van der Waals surface area contributed by atoms with Crippen LogP contribution in [0.15, 0.2) is 5.38 Å². The average Bonchev–Trinajstić information content (AvgIpc) is 2.71. The van der Waals surface area contributed by atoms with E-state index in [9.17, 15) is 0 Å². The summed E-state index contributed by atoms with van der Waals surface area (Å²) in [6.07, 6.45) is 3.38. The Balaban J connectivity index is 2.40. The molecule has 98 valence electrons. The summed E-state index contributed by atoms with van der Waals surface area (Å²) in [6.45, 7) is 9.77. The van der Waals surface area contributed by atoms with E-state index in [1.54, 1.807) is 11.3 Å². The summed E-state index contributed by atoms with van der Waals surface area (Å²) >= 11 is 3.67. The van der Waals surface area contributed by atoms with Crippen molar-refractivity contribution in [2.45, 2.75) is 52.1 Å². The van der Waals surface area contributed by atoms with E-state index in [-0.39, 0.29) is 5.41 Å². The molecule has 0 spiro atoms. The van der Waals surface area contributed by atoms with Gasteiger partial charge in [-0.15, -0.1) is 11.3 Å². The molecule has 0 fully saturated rings. The number of nitrogens with zero attached hydrogens (tertiary/aromatic N) is 1. The van der Waals surface area contributed by atoms with Crippen LogP contribution < -0.4 is 5.32 Å². The minimum Gasteiger partial charge on any atom is -0.308 e. The molecule has 1 aromatic rings. The van der Waals surface area contributed by atoms with Crippen LogP contribution in [-0.4, -0.2) is 23.0 Å². The summed E-state index contributed by atoms with van der Waals surface area (Å²) in [5.41, 5.74) is 1.37. The molecule has 1 rings (SSSR count). The Hall–Kier alpha value is -0.0600. The molecule has 0 amide bonds. The van der Waals surface area contributed by atoms with Crippen LogP contribution in [0.25, 0.3) is 0 Å². The lowest BCUT2D eigenvalue weighted by molar-refractivity contribution is 0.530. The third-order valence-electron chi connectivity index (χ3n) is 2.68. The molecule has 1 unspecified atom stereocenters. The van der Waals surface area contributed by atoms with Crippen molar-refractivity contribution in [1.82, 2.24) is 10.3 Å². The van der Waals surface area contributed by atoms with Crippen LogP contribution in [-0.2, 0) is 12.0 Å². The molecular formula is C13H24N2S2. The topological polar surface area (TPSA) is 24.9 Å². The Bertz CT molecular complexity index is 328. The van der Waals surface area contributed by atoms with E-state index in [4.69, 9.17) is 0 Å². The van der Waals surface area contributed by atoms with Crippen molar-refractivity contribution in [3.8, 4) is 0 Å². The number of hydrogen-bond donors (Lipinski definition) is 1. The van der Waals surface area contributed by atoms with Gasteiger partial charge in [-0.05, 0) is 25.4 Å². The van der Waals surface area contributed by atoms with Gasteiger partial charge >= 0.3 is 0 Å². The summed E-state index contributed by atoms with van der Waals surface area (Å²) in [5, 5.41) is 6.92. The van der Waals surface area contributed by atoms with E-state index in [1.807, 2.05) is 11.8 Å². The van der Waals surface area contributed by atoms with E-state index in [2.05, 4.69) is 49.6 Å². The molecule has 0 saturated heterocycles. The molecule has 0 aliphatic rings. The van der Waals surface area contributed by atoms with Crippen LogP contribution >= 0.6 is 23.1 Å². The Morgan fingerprint density at radius 2 is 2.18 bits per heavy atom. The number of thioether (sulfide) groups is 1. The highest BCUT2D eigenvalue weighted by atomic mass is 32.2. The maximum absolute atomic E-state index is 4.68.